The molecule has 0 saturated heterocycles. The minimum atomic E-state index is -3.17. The minimum absolute atomic E-state index is 0.394. The second-order valence-electron chi connectivity index (χ2n) is 4.30. The highest BCUT2D eigenvalue weighted by Crippen LogP contribution is 2.14. The Balaban J connectivity index is 4.03. The molecule has 14 heavy (non-hydrogen) atoms. The molecule has 1 N–H and O–H groups in total. The van der Waals surface area contributed by atoms with Crippen LogP contribution in [0.1, 0.15) is 40.5 Å². The second-order valence-corrected chi connectivity index (χ2v) is 8.12. The van der Waals surface area contributed by atoms with Gasteiger partial charge in [0.1, 0.15) is 0 Å². The van der Waals surface area contributed by atoms with E-state index in [0.717, 1.165) is 12.8 Å². The van der Waals surface area contributed by atoms with Gasteiger partial charge in [0.15, 0.2) is 0 Å². The molecule has 0 saturated carbocycles. The van der Waals surface area contributed by atoms with Gasteiger partial charge in [-0.2, -0.15) is 0 Å². The molecule has 0 heterocycles. The molecule has 0 bridgehead atoms. The summed E-state index contributed by atoms with van der Waals surface area (Å²) in [6, 6.07) is 0. The van der Waals surface area contributed by atoms with E-state index < -0.39 is 14.8 Å². The Morgan fingerprint density at radius 1 is 1.36 bits per heavy atom. The van der Waals surface area contributed by atoms with Gasteiger partial charge in [-0.05, 0) is 33.6 Å². The zero-order chi connectivity index (χ0) is 11.4. The lowest BCUT2D eigenvalue weighted by molar-refractivity contribution is 0.542. The van der Waals surface area contributed by atoms with E-state index in [1.165, 1.54) is 0 Å². The monoisotopic (exact) mass is 285 g/mol. The summed E-state index contributed by atoms with van der Waals surface area (Å²) in [5.41, 5.74) is 0. The lowest BCUT2D eigenvalue weighted by Gasteiger charge is -2.20. The average Bonchev–Trinajstić information content (AvgIpc) is 2.01. The fourth-order valence-corrected chi connectivity index (χ4v) is 1.82. The first kappa shape index (κ1) is 14.4. The van der Waals surface area contributed by atoms with Gasteiger partial charge in [0.2, 0.25) is 10.0 Å². The summed E-state index contributed by atoms with van der Waals surface area (Å²) in [4.78, 5) is 0.394. The van der Waals surface area contributed by atoms with E-state index in [4.69, 9.17) is 0 Å². The molecule has 3 nitrogen and oxygen atoms in total. The van der Waals surface area contributed by atoms with Gasteiger partial charge < -0.3 is 0 Å². The summed E-state index contributed by atoms with van der Waals surface area (Å²) in [5.74, 6) is 0. The third-order valence-corrected chi connectivity index (χ3v) is 5.30. The maximum Gasteiger partial charge on any atom is 0.216 e. The van der Waals surface area contributed by atoms with Crippen LogP contribution in [0.2, 0.25) is 0 Å². The lowest BCUT2D eigenvalue weighted by atomic mass is 10.2. The normalized spacial score (nSPS) is 15.5. The molecule has 86 valence electrons. The molecular formula is C9H20BrNO2S. The van der Waals surface area contributed by atoms with E-state index in [0.29, 0.717) is 11.4 Å². The van der Waals surface area contributed by atoms with E-state index in [2.05, 4.69) is 27.6 Å². The van der Waals surface area contributed by atoms with Crippen LogP contribution in [0.3, 0.4) is 0 Å². The molecule has 5 heteroatoms. The molecule has 0 rings (SSSR count). The molecule has 0 radical (unpaired) electrons. The van der Waals surface area contributed by atoms with Crippen LogP contribution in [0, 0.1) is 0 Å². The summed E-state index contributed by atoms with van der Waals surface area (Å²) >= 11 is 3.46. The van der Waals surface area contributed by atoms with Crippen LogP contribution in [0.5, 0.6) is 0 Å². The quantitative estimate of drug-likeness (QED) is 0.788. The van der Waals surface area contributed by atoms with E-state index >= 15 is 0 Å². The fraction of sp³-hybridized carbons (Fsp3) is 1.00. The molecule has 0 aliphatic heterocycles. The first-order valence-corrected chi connectivity index (χ1v) is 7.24. The molecule has 0 fully saturated rings. The molecule has 1 unspecified atom stereocenters. The standard InChI is InChI=1S/C9H20BrNO2S/c1-5-8(10)6-7-11-14(12,13)9(2,3)4/h8,11H,5-7H2,1-4H3. The highest BCUT2D eigenvalue weighted by Gasteiger charge is 2.28. The number of rotatable bonds is 5. The average molecular weight is 286 g/mol. The van der Waals surface area contributed by atoms with Crippen molar-refractivity contribution in [2.45, 2.75) is 50.1 Å². The fourth-order valence-electron chi connectivity index (χ4n) is 0.771. The molecular weight excluding hydrogens is 266 g/mol. The third kappa shape index (κ3) is 4.75. The Kier molecular flexibility index (Phi) is 5.62. The Hall–Kier alpha value is 0.390. The van der Waals surface area contributed by atoms with Crippen molar-refractivity contribution in [3.8, 4) is 0 Å². The minimum Gasteiger partial charge on any atom is -0.215 e. The lowest BCUT2D eigenvalue weighted by Crippen LogP contribution is -2.40. The number of nitrogens with one attached hydrogen (secondary N) is 1. The third-order valence-electron chi connectivity index (χ3n) is 2.00. The molecule has 0 aromatic heterocycles. The van der Waals surface area contributed by atoms with E-state index in [-0.39, 0.29) is 0 Å². The number of sulfonamides is 1. The molecule has 0 aliphatic carbocycles. The van der Waals surface area contributed by atoms with E-state index in [9.17, 15) is 8.42 Å². The van der Waals surface area contributed by atoms with Crippen LogP contribution in [0.4, 0.5) is 0 Å². The summed E-state index contributed by atoms with van der Waals surface area (Å²) in [5, 5.41) is 0. The molecule has 1 atom stereocenters. The molecule has 0 aromatic rings. The Morgan fingerprint density at radius 2 is 1.86 bits per heavy atom. The number of hydrogen-bond acceptors (Lipinski definition) is 2. The van der Waals surface area contributed by atoms with Gasteiger partial charge in [-0.15, -0.1) is 0 Å². The predicted octanol–water partition coefficient (Wildman–Crippen LogP) is 2.27. The van der Waals surface area contributed by atoms with E-state index in [1.54, 1.807) is 20.8 Å². The SMILES string of the molecule is CCC(Br)CCNS(=O)(=O)C(C)(C)C. The van der Waals surface area contributed by atoms with Gasteiger partial charge in [-0.1, -0.05) is 22.9 Å². The van der Waals surface area contributed by atoms with Crippen molar-refractivity contribution in [3.05, 3.63) is 0 Å². The topological polar surface area (TPSA) is 46.2 Å². The summed E-state index contributed by atoms with van der Waals surface area (Å²) in [7, 11) is -3.17. The Bertz CT molecular complexity index is 256. The highest BCUT2D eigenvalue weighted by atomic mass is 79.9. The summed E-state index contributed by atoms with van der Waals surface area (Å²) in [6.45, 7) is 7.66. The van der Waals surface area contributed by atoms with Crippen molar-refractivity contribution < 1.29 is 8.42 Å². The Labute approximate surface area is 95.8 Å². The van der Waals surface area contributed by atoms with Gasteiger partial charge in [-0.3, -0.25) is 0 Å². The highest BCUT2D eigenvalue weighted by molar-refractivity contribution is 9.09. The van der Waals surface area contributed by atoms with Crippen molar-refractivity contribution in [1.82, 2.24) is 4.72 Å². The van der Waals surface area contributed by atoms with Crippen molar-refractivity contribution in [2.24, 2.45) is 0 Å². The van der Waals surface area contributed by atoms with Crippen molar-refractivity contribution in [2.75, 3.05) is 6.54 Å². The number of hydrogen-bond donors (Lipinski definition) is 1. The van der Waals surface area contributed by atoms with Crippen LogP contribution in [-0.2, 0) is 10.0 Å². The zero-order valence-corrected chi connectivity index (χ0v) is 11.7. The molecule has 0 amide bonds. The van der Waals surface area contributed by atoms with Crippen LogP contribution < -0.4 is 4.72 Å². The molecule has 0 aliphatic rings. The van der Waals surface area contributed by atoms with Crippen LogP contribution in [0.15, 0.2) is 0 Å². The van der Waals surface area contributed by atoms with Crippen molar-refractivity contribution in [3.63, 3.8) is 0 Å². The van der Waals surface area contributed by atoms with Crippen LogP contribution >= 0.6 is 15.9 Å². The smallest absolute Gasteiger partial charge is 0.215 e. The molecule has 0 spiro atoms. The van der Waals surface area contributed by atoms with Gasteiger partial charge in [-0.25, -0.2) is 13.1 Å². The van der Waals surface area contributed by atoms with Crippen LogP contribution in [-0.4, -0.2) is 24.5 Å². The number of alkyl halides is 1. The van der Waals surface area contributed by atoms with Crippen molar-refractivity contribution >= 4 is 26.0 Å². The number of halogens is 1. The largest absolute Gasteiger partial charge is 0.216 e. The zero-order valence-electron chi connectivity index (χ0n) is 9.30. The predicted molar refractivity (Wildman–Crippen MR) is 64.3 cm³/mol. The molecule has 0 aromatic carbocycles. The van der Waals surface area contributed by atoms with Gasteiger partial charge in [0, 0.05) is 11.4 Å². The van der Waals surface area contributed by atoms with E-state index in [1.807, 2.05) is 0 Å². The Morgan fingerprint density at radius 3 is 2.21 bits per heavy atom. The maximum atomic E-state index is 11.6. The van der Waals surface area contributed by atoms with Gasteiger partial charge in [0.25, 0.3) is 0 Å². The van der Waals surface area contributed by atoms with Gasteiger partial charge in [0.05, 0.1) is 4.75 Å². The maximum absolute atomic E-state index is 11.6. The first-order valence-electron chi connectivity index (χ1n) is 4.84. The second kappa shape index (κ2) is 5.47. The van der Waals surface area contributed by atoms with Gasteiger partial charge >= 0.3 is 0 Å². The van der Waals surface area contributed by atoms with Crippen molar-refractivity contribution in [1.29, 1.82) is 0 Å². The summed E-state index contributed by atoms with van der Waals surface area (Å²) in [6.07, 6.45) is 1.84. The van der Waals surface area contributed by atoms with Crippen LogP contribution in [0.25, 0.3) is 0 Å². The first-order chi connectivity index (χ1) is 6.20. The summed E-state index contributed by atoms with van der Waals surface area (Å²) < 4.78 is 25.1.